The van der Waals surface area contributed by atoms with Crippen molar-refractivity contribution in [1.29, 1.82) is 0 Å². The summed E-state index contributed by atoms with van der Waals surface area (Å²) >= 11 is 1.95. The molecule has 0 amide bonds. The Hall–Kier alpha value is 0.200. The topological polar surface area (TPSA) is 29.5 Å². The molecule has 0 bridgehead atoms. The molecule has 1 saturated heterocycles. The number of alkyl halides is 1. The molecule has 0 aromatic rings. The van der Waals surface area contributed by atoms with Gasteiger partial charge in [-0.25, -0.2) is 4.39 Å². The Morgan fingerprint density at radius 1 is 1.26 bits per heavy atom. The van der Waals surface area contributed by atoms with Gasteiger partial charge >= 0.3 is 0 Å². The first-order chi connectivity index (χ1) is 9.03. The van der Waals surface area contributed by atoms with Crippen LogP contribution in [0.3, 0.4) is 0 Å². The Morgan fingerprint density at radius 2 is 1.84 bits per heavy atom. The van der Waals surface area contributed by atoms with E-state index in [0.29, 0.717) is 18.8 Å². The van der Waals surface area contributed by atoms with Crippen LogP contribution in [0.2, 0.25) is 0 Å². The van der Waals surface area contributed by atoms with Gasteiger partial charge in [-0.3, -0.25) is 0 Å². The molecule has 1 N–H and O–H groups in total. The lowest BCUT2D eigenvalue weighted by atomic mass is 9.67. The molecule has 19 heavy (non-hydrogen) atoms. The molecule has 1 saturated carbocycles. The Bertz CT molecular complexity index is 284. The van der Waals surface area contributed by atoms with Crippen LogP contribution in [0.25, 0.3) is 0 Å². The summed E-state index contributed by atoms with van der Waals surface area (Å²) in [6, 6.07) is 0. The Morgan fingerprint density at radius 3 is 2.32 bits per heavy atom. The van der Waals surface area contributed by atoms with Crippen molar-refractivity contribution in [2.24, 2.45) is 11.8 Å². The minimum absolute atomic E-state index is 0.00443. The third-order valence-electron chi connectivity index (χ3n) is 5.33. The van der Waals surface area contributed by atoms with Crippen LogP contribution < -0.4 is 0 Å². The fourth-order valence-corrected chi connectivity index (χ4v) is 4.77. The van der Waals surface area contributed by atoms with Gasteiger partial charge in [-0.15, -0.1) is 0 Å². The summed E-state index contributed by atoms with van der Waals surface area (Å²) in [5.41, 5.74) is -1.35. The average molecular weight is 290 g/mol. The van der Waals surface area contributed by atoms with Crippen molar-refractivity contribution in [3.8, 4) is 0 Å². The molecule has 0 aromatic carbocycles. The number of ether oxygens (including phenoxy) is 1. The minimum atomic E-state index is -1.18. The normalized spacial score (nSPS) is 39.2. The summed E-state index contributed by atoms with van der Waals surface area (Å²) in [6.07, 6.45) is 4.71. The van der Waals surface area contributed by atoms with Crippen LogP contribution in [0.4, 0.5) is 4.39 Å². The lowest BCUT2D eigenvalue weighted by Gasteiger charge is -2.46. The number of halogens is 1. The molecule has 1 aliphatic heterocycles. The first-order valence-electron chi connectivity index (χ1n) is 7.46. The van der Waals surface area contributed by atoms with E-state index in [-0.39, 0.29) is 18.1 Å². The van der Waals surface area contributed by atoms with Crippen molar-refractivity contribution in [3.05, 3.63) is 0 Å². The maximum atomic E-state index is 15.3. The standard InChI is InChI=1S/C15H27FO2S/c1-14(18-2)5-7-15(16,8-6-14)13(11-17)12-3-9-19-10-4-12/h12-13,17H,3-11H2,1-2H3. The van der Waals surface area contributed by atoms with Gasteiger partial charge < -0.3 is 9.84 Å². The van der Waals surface area contributed by atoms with Gasteiger partial charge in [-0.1, -0.05) is 0 Å². The first kappa shape index (κ1) is 15.6. The number of hydrogen-bond acceptors (Lipinski definition) is 3. The largest absolute Gasteiger partial charge is 0.396 e. The maximum Gasteiger partial charge on any atom is 0.116 e. The van der Waals surface area contributed by atoms with E-state index in [2.05, 4.69) is 6.92 Å². The van der Waals surface area contributed by atoms with Gasteiger partial charge in [0.2, 0.25) is 0 Å². The molecule has 1 heterocycles. The lowest BCUT2D eigenvalue weighted by molar-refractivity contribution is -0.0963. The molecule has 1 aliphatic carbocycles. The Kier molecular flexibility index (Phi) is 5.18. The number of aliphatic hydroxyl groups excluding tert-OH is 1. The highest BCUT2D eigenvalue weighted by Crippen LogP contribution is 2.47. The molecule has 2 nitrogen and oxygen atoms in total. The maximum absolute atomic E-state index is 15.3. The van der Waals surface area contributed by atoms with Crippen molar-refractivity contribution < 1.29 is 14.2 Å². The van der Waals surface area contributed by atoms with Gasteiger partial charge in [-0.2, -0.15) is 11.8 Å². The third-order valence-corrected chi connectivity index (χ3v) is 6.38. The predicted octanol–water partition coefficient (Wildman–Crippen LogP) is 3.43. The highest BCUT2D eigenvalue weighted by Gasteiger charge is 2.48. The van der Waals surface area contributed by atoms with Crippen LogP contribution in [-0.4, -0.2) is 41.6 Å². The summed E-state index contributed by atoms with van der Waals surface area (Å²) in [7, 11) is 1.72. The van der Waals surface area contributed by atoms with Gasteiger partial charge in [0.25, 0.3) is 0 Å². The van der Waals surface area contributed by atoms with Crippen LogP contribution in [-0.2, 0) is 4.74 Å². The second-order valence-electron chi connectivity index (χ2n) is 6.43. The van der Waals surface area contributed by atoms with Gasteiger partial charge in [0.1, 0.15) is 5.67 Å². The zero-order chi connectivity index (χ0) is 13.9. The van der Waals surface area contributed by atoms with Crippen LogP contribution in [0.5, 0.6) is 0 Å². The molecule has 112 valence electrons. The third kappa shape index (κ3) is 3.45. The van der Waals surface area contributed by atoms with Crippen molar-refractivity contribution in [1.82, 2.24) is 0 Å². The smallest absolute Gasteiger partial charge is 0.116 e. The van der Waals surface area contributed by atoms with Crippen LogP contribution in [0, 0.1) is 11.8 Å². The van der Waals surface area contributed by atoms with Crippen LogP contribution in [0.1, 0.15) is 45.4 Å². The lowest BCUT2D eigenvalue weighted by Crippen LogP contribution is -2.48. The summed E-state index contributed by atoms with van der Waals surface area (Å²) in [4.78, 5) is 0. The van der Waals surface area contributed by atoms with Crippen LogP contribution in [0.15, 0.2) is 0 Å². The van der Waals surface area contributed by atoms with E-state index in [9.17, 15) is 5.11 Å². The highest BCUT2D eigenvalue weighted by molar-refractivity contribution is 7.99. The molecule has 2 rings (SSSR count). The molecule has 0 spiro atoms. The fraction of sp³-hybridized carbons (Fsp3) is 1.00. The van der Waals surface area contributed by atoms with E-state index in [0.717, 1.165) is 37.2 Å². The van der Waals surface area contributed by atoms with Crippen molar-refractivity contribution in [2.75, 3.05) is 25.2 Å². The highest BCUT2D eigenvalue weighted by atomic mass is 32.2. The summed E-state index contributed by atoms with van der Waals surface area (Å²) < 4.78 is 20.8. The van der Waals surface area contributed by atoms with Crippen molar-refractivity contribution in [3.63, 3.8) is 0 Å². The molecule has 1 unspecified atom stereocenters. The van der Waals surface area contributed by atoms with Gasteiger partial charge in [0.05, 0.1) is 5.60 Å². The zero-order valence-electron chi connectivity index (χ0n) is 12.2. The molecule has 0 radical (unpaired) electrons. The number of hydrogen-bond donors (Lipinski definition) is 1. The average Bonchev–Trinajstić information content (AvgIpc) is 2.45. The summed E-state index contributed by atoms with van der Waals surface area (Å²) in [5.74, 6) is 2.43. The van der Waals surface area contributed by atoms with Gasteiger partial charge in [0.15, 0.2) is 0 Å². The van der Waals surface area contributed by atoms with E-state index in [1.165, 1.54) is 0 Å². The molecule has 1 atom stereocenters. The van der Waals surface area contributed by atoms with E-state index >= 15 is 4.39 Å². The van der Waals surface area contributed by atoms with E-state index in [1.54, 1.807) is 7.11 Å². The zero-order valence-corrected chi connectivity index (χ0v) is 13.0. The van der Waals surface area contributed by atoms with Crippen LogP contribution >= 0.6 is 11.8 Å². The molecule has 2 aliphatic rings. The summed E-state index contributed by atoms with van der Waals surface area (Å²) in [5, 5.41) is 9.70. The number of rotatable bonds is 4. The quantitative estimate of drug-likeness (QED) is 0.860. The molecule has 2 fully saturated rings. The monoisotopic (exact) mass is 290 g/mol. The van der Waals surface area contributed by atoms with E-state index < -0.39 is 5.67 Å². The second-order valence-corrected chi connectivity index (χ2v) is 7.65. The summed E-state index contributed by atoms with van der Waals surface area (Å²) in [6.45, 7) is 2.06. The molecule has 4 heteroatoms. The first-order valence-corrected chi connectivity index (χ1v) is 8.61. The Labute approximate surface area is 120 Å². The minimum Gasteiger partial charge on any atom is -0.396 e. The van der Waals surface area contributed by atoms with Crippen molar-refractivity contribution >= 4 is 11.8 Å². The number of thioether (sulfide) groups is 1. The van der Waals surface area contributed by atoms with E-state index in [1.807, 2.05) is 11.8 Å². The number of aliphatic hydroxyl groups is 1. The van der Waals surface area contributed by atoms with E-state index in [4.69, 9.17) is 4.74 Å². The van der Waals surface area contributed by atoms with Crippen molar-refractivity contribution in [2.45, 2.75) is 56.7 Å². The van der Waals surface area contributed by atoms with Gasteiger partial charge in [-0.05, 0) is 62.9 Å². The fourth-order valence-electron chi connectivity index (χ4n) is 3.62. The molecular weight excluding hydrogens is 263 g/mol. The second kappa shape index (κ2) is 6.31. The Balaban J connectivity index is 2.01. The molecular formula is C15H27FO2S. The number of methoxy groups -OCH3 is 1. The van der Waals surface area contributed by atoms with Gasteiger partial charge in [0, 0.05) is 19.6 Å². The molecule has 0 aromatic heterocycles. The SMILES string of the molecule is COC1(C)CCC(F)(C(CO)C2CCSCC2)CC1. The predicted molar refractivity (Wildman–Crippen MR) is 78.3 cm³/mol.